The van der Waals surface area contributed by atoms with Crippen LogP contribution in [0.15, 0.2) is 0 Å². The summed E-state index contributed by atoms with van der Waals surface area (Å²) in [6.07, 6.45) is 0.778. The number of nitrogens with zero attached hydrogens (tertiary/aromatic N) is 1. The van der Waals surface area contributed by atoms with Crippen LogP contribution < -0.4 is 5.84 Å². The average molecular weight is 162 g/mol. The molecule has 4 heteroatoms. The number of hydrazine groups is 1. The van der Waals surface area contributed by atoms with Crippen LogP contribution in [-0.2, 0) is 9.57 Å². The van der Waals surface area contributed by atoms with E-state index in [0.29, 0.717) is 6.61 Å². The predicted molar refractivity (Wildman–Crippen MR) is 43.4 cm³/mol. The molecule has 0 saturated carbocycles. The molecule has 4 nitrogen and oxygen atoms in total. The Bertz CT molecular complexity index is 105. The Morgan fingerprint density at radius 2 is 2.00 bits per heavy atom. The highest BCUT2D eigenvalue weighted by molar-refractivity contribution is 4.64. The van der Waals surface area contributed by atoms with Crippen LogP contribution in [0.25, 0.3) is 0 Å². The van der Waals surface area contributed by atoms with Crippen LogP contribution in [0, 0.1) is 0 Å². The van der Waals surface area contributed by atoms with Crippen LogP contribution in [0.5, 0.6) is 0 Å². The van der Waals surface area contributed by atoms with Crippen molar-refractivity contribution in [1.29, 1.82) is 0 Å². The van der Waals surface area contributed by atoms with Crippen molar-refractivity contribution in [1.82, 2.24) is 5.17 Å². The van der Waals surface area contributed by atoms with E-state index in [0.717, 1.165) is 6.42 Å². The quantitative estimate of drug-likeness (QED) is 0.370. The Hall–Kier alpha value is -0.160. The van der Waals surface area contributed by atoms with Gasteiger partial charge in [-0.1, -0.05) is 12.1 Å². The molecule has 0 bridgehead atoms. The van der Waals surface area contributed by atoms with Gasteiger partial charge in [-0.15, -0.1) is 0 Å². The van der Waals surface area contributed by atoms with Crippen molar-refractivity contribution in [2.75, 3.05) is 13.7 Å². The maximum absolute atomic E-state index is 5.57. The number of ether oxygens (including phenoxy) is 1. The SMILES string of the molecule is CCON(N)C(C)(CC)OC. The molecule has 0 aliphatic heterocycles. The van der Waals surface area contributed by atoms with Gasteiger partial charge in [0.25, 0.3) is 0 Å². The second-order valence-electron chi connectivity index (χ2n) is 2.48. The molecule has 0 aliphatic carbocycles. The average Bonchev–Trinajstić information content (AvgIpc) is 2.03. The minimum atomic E-state index is -0.518. The summed E-state index contributed by atoms with van der Waals surface area (Å²) in [5.74, 6) is 5.57. The van der Waals surface area contributed by atoms with Crippen molar-refractivity contribution in [2.24, 2.45) is 5.84 Å². The van der Waals surface area contributed by atoms with Gasteiger partial charge in [0.2, 0.25) is 0 Å². The van der Waals surface area contributed by atoms with Gasteiger partial charge in [-0.3, -0.25) is 4.84 Å². The first-order chi connectivity index (χ1) is 5.10. The van der Waals surface area contributed by atoms with E-state index in [2.05, 4.69) is 0 Å². The molecule has 1 atom stereocenters. The van der Waals surface area contributed by atoms with Crippen LogP contribution in [0.2, 0.25) is 0 Å². The van der Waals surface area contributed by atoms with Gasteiger partial charge in [-0.25, -0.2) is 5.84 Å². The number of hydroxylamine groups is 1. The third-order valence-electron chi connectivity index (χ3n) is 1.83. The molecule has 0 radical (unpaired) electrons. The van der Waals surface area contributed by atoms with Gasteiger partial charge >= 0.3 is 0 Å². The van der Waals surface area contributed by atoms with E-state index >= 15 is 0 Å². The molecule has 0 aliphatic rings. The molecule has 0 aromatic heterocycles. The molecule has 0 aromatic carbocycles. The van der Waals surface area contributed by atoms with E-state index < -0.39 is 5.72 Å². The molecule has 0 aromatic rings. The predicted octanol–water partition coefficient (Wildman–Crippen LogP) is 0.886. The molecule has 1 unspecified atom stereocenters. The van der Waals surface area contributed by atoms with Gasteiger partial charge in [0.15, 0.2) is 5.72 Å². The second-order valence-corrected chi connectivity index (χ2v) is 2.48. The van der Waals surface area contributed by atoms with E-state index in [-0.39, 0.29) is 0 Å². The van der Waals surface area contributed by atoms with Crippen LogP contribution >= 0.6 is 0 Å². The number of rotatable bonds is 5. The summed E-state index contributed by atoms with van der Waals surface area (Å²) >= 11 is 0. The van der Waals surface area contributed by atoms with Gasteiger partial charge in [0, 0.05) is 7.11 Å². The highest BCUT2D eigenvalue weighted by Gasteiger charge is 2.28. The Kier molecular flexibility index (Phi) is 4.60. The molecule has 0 rings (SSSR count). The van der Waals surface area contributed by atoms with Gasteiger partial charge in [-0.2, -0.15) is 0 Å². The summed E-state index contributed by atoms with van der Waals surface area (Å²) in [4.78, 5) is 5.07. The zero-order chi connectivity index (χ0) is 8.91. The van der Waals surface area contributed by atoms with Crippen molar-refractivity contribution in [3.63, 3.8) is 0 Å². The van der Waals surface area contributed by atoms with E-state index in [9.17, 15) is 0 Å². The highest BCUT2D eigenvalue weighted by atomic mass is 16.7. The molecule has 68 valence electrons. The molecule has 0 fully saturated rings. The number of hydrogen-bond donors (Lipinski definition) is 1. The van der Waals surface area contributed by atoms with Crippen LogP contribution in [0.3, 0.4) is 0 Å². The maximum atomic E-state index is 5.57. The van der Waals surface area contributed by atoms with Crippen molar-refractivity contribution in [3.8, 4) is 0 Å². The zero-order valence-electron chi connectivity index (χ0n) is 7.76. The minimum Gasteiger partial charge on any atom is -0.360 e. The number of hydrogen-bond acceptors (Lipinski definition) is 4. The van der Waals surface area contributed by atoms with Crippen LogP contribution in [0.4, 0.5) is 0 Å². The fourth-order valence-electron chi connectivity index (χ4n) is 0.666. The van der Waals surface area contributed by atoms with Crippen molar-refractivity contribution < 1.29 is 9.57 Å². The first-order valence-corrected chi connectivity index (χ1v) is 3.83. The topological polar surface area (TPSA) is 47.7 Å². The van der Waals surface area contributed by atoms with Crippen molar-refractivity contribution in [3.05, 3.63) is 0 Å². The molecule has 0 saturated heterocycles. The lowest BCUT2D eigenvalue weighted by molar-refractivity contribution is -0.298. The van der Waals surface area contributed by atoms with Crippen molar-refractivity contribution >= 4 is 0 Å². The Balaban J connectivity index is 4.00. The van der Waals surface area contributed by atoms with Crippen molar-refractivity contribution in [2.45, 2.75) is 32.9 Å². The lowest BCUT2D eigenvalue weighted by atomic mass is 10.2. The normalized spacial score (nSPS) is 16.9. The summed E-state index contributed by atoms with van der Waals surface area (Å²) in [6, 6.07) is 0. The van der Waals surface area contributed by atoms with Gasteiger partial charge in [0.05, 0.1) is 6.61 Å². The summed E-state index contributed by atoms with van der Waals surface area (Å²) in [7, 11) is 1.61. The smallest absolute Gasteiger partial charge is 0.155 e. The van der Waals surface area contributed by atoms with E-state index in [1.54, 1.807) is 7.11 Å². The standard InChI is InChI=1S/C7H18N2O2/c1-5-7(3,10-4)9(8)11-6-2/h5-6,8H2,1-4H3. The summed E-state index contributed by atoms with van der Waals surface area (Å²) < 4.78 is 5.18. The largest absolute Gasteiger partial charge is 0.360 e. The lowest BCUT2D eigenvalue weighted by Crippen LogP contribution is -2.51. The molecule has 0 heterocycles. The highest BCUT2D eigenvalue weighted by Crippen LogP contribution is 2.16. The number of methoxy groups -OCH3 is 1. The molecule has 0 amide bonds. The fourth-order valence-corrected chi connectivity index (χ4v) is 0.666. The fraction of sp³-hybridized carbons (Fsp3) is 1.00. The zero-order valence-corrected chi connectivity index (χ0v) is 7.76. The molecule has 2 N–H and O–H groups in total. The second kappa shape index (κ2) is 4.66. The van der Waals surface area contributed by atoms with E-state index in [1.807, 2.05) is 20.8 Å². The molecule has 11 heavy (non-hydrogen) atoms. The third-order valence-corrected chi connectivity index (χ3v) is 1.83. The Labute approximate surface area is 68.2 Å². The summed E-state index contributed by atoms with van der Waals surface area (Å²) in [5, 5.41) is 1.26. The van der Waals surface area contributed by atoms with Crippen LogP contribution in [0.1, 0.15) is 27.2 Å². The molecule has 0 spiro atoms. The summed E-state index contributed by atoms with van der Waals surface area (Å²) in [5.41, 5.74) is -0.518. The van der Waals surface area contributed by atoms with Crippen LogP contribution in [-0.4, -0.2) is 24.6 Å². The lowest BCUT2D eigenvalue weighted by Gasteiger charge is -2.34. The number of nitrogens with two attached hydrogens (primary N) is 1. The summed E-state index contributed by atoms with van der Waals surface area (Å²) in [6.45, 7) is 6.30. The molecular weight excluding hydrogens is 144 g/mol. The Morgan fingerprint density at radius 1 is 1.45 bits per heavy atom. The third kappa shape index (κ3) is 2.75. The minimum absolute atomic E-state index is 0.518. The Morgan fingerprint density at radius 3 is 2.27 bits per heavy atom. The monoisotopic (exact) mass is 162 g/mol. The van der Waals surface area contributed by atoms with Gasteiger partial charge < -0.3 is 4.74 Å². The maximum Gasteiger partial charge on any atom is 0.155 e. The molecular formula is C7H18N2O2. The van der Waals surface area contributed by atoms with Gasteiger partial charge in [0.1, 0.15) is 0 Å². The first kappa shape index (κ1) is 10.8. The first-order valence-electron chi connectivity index (χ1n) is 3.83. The van der Waals surface area contributed by atoms with E-state index in [1.165, 1.54) is 5.17 Å². The van der Waals surface area contributed by atoms with E-state index in [4.69, 9.17) is 15.4 Å². The van der Waals surface area contributed by atoms with Gasteiger partial charge in [-0.05, 0) is 20.3 Å².